The molecule has 3 fully saturated rings. The van der Waals surface area contributed by atoms with Crippen LogP contribution in [0.5, 0.6) is 0 Å². The third kappa shape index (κ3) is 3.44. The van der Waals surface area contributed by atoms with Crippen LogP contribution in [-0.4, -0.2) is 48.9 Å². The Labute approximate surface area is 155 Å². The lowest BCUT2D eigenvalue weighted by atomic mass is 9.84. The van der Waals surface area contributed by atoms with E-state index in [9.17, 15) is 9.59 Å². The number of hydrogen-bond donors (Lipinski definition) is 1. The molecule has 4 rings (SSSR count). The van der Waals surface area contributed by atoms with Gasteiger partial charge in [0.25, 0.3) is 0 Å². The van der Waals surface area contributed by atoms with Crippen LogP contribution in [0.4, 0.5) is 5.69 Å². The molecule has 0 radical (unpaired) electrons. The van der Waals surface area contributed by atoms with Crippen LogP contribution >= 0.6 is 0 Å². The highest BCUT2D eigenvalue weighted by Gasteiger charge is 2.42. The van der Waals surface area contributed by atoms with Crippen molar-refractivity contribution in [3.8, 4) is 0 Å². The molecule has 1 heterocycles. The predicted octanol–water partition coefficient (Wildman–Crippen LogP) is 2.28. The van der Waals surface area contributed by atoms with Gasteiger partial charge in [-0.1, -0.05) is 24.6 Å². The fraction of sp³-hybridized carbons (Fsp3) is 0.619. The largest absolute Gasteiger partial charge is 0.368 e. The molecule has 0 aromatic heterocycles. The maximum Gasteiger partial charge on any atom is 0.312 e. The fourth-order valence-corrected chi connectivity index (χ4v) is 5.23. The van der Waals surface area contributed by atoms with E-state index in [1.165, 1.54) is 31.4 Å². The van der Waals surface area contributed by atoms with Crippen LogP contribution in [0.25, 0.3) is 0 Å². The third-order valence-corrected chi connectivity index (χ3v) is 6.68. The summed E-state index contributed by atoms with van der Waals surface area (Å²) in [6.45, 7) is 4.81. The number of fused-ring (bicyclic) bond motifs is 2. The van der Waals surface area contributed by atoms with Crippen molar-refractivity contribution in [1.82, 2.24) is 10.2 Å². The van der Waals surface area contributed by atoms with Crippen LogP contribution in [0.2, 0.25) is 0 Å². The van der Waals surface area contributed by atoms with Crippen molar-refractivity contribution in [3.05, 3.63) is 30.3 Å². The number of nitrogens with zero attached hydrogens (tertiary/aromatic N) is 2. The van der Waals surface area contributed by atoms with Gasteiger partial charge in [0.1, 0.15) is 0 Å². The Hall–Kier alpha value is -2.04. The topological polar surface area (TPSA) is 52.7 Å². The monoisotopic (exact) mass is 355 g/mol. The summed E-state index contributed by atoms with van der Waals surface area (Å²) in [7, 11) is 0. The molecular weight excluding hydrogens is 326 g/mol. The average Bonchev–Trinajstić information content (AvgIpc) is 3.32. The predicted molar refractivity (Wildman–Crippen MR) is 102 cm³/mol. The van der Waals surface area contributed by atoms with E-state index in [-0.39, 0.29) is 11.9 Å². The van der Waals surface area contributed by atoms with Gasteiger partial charge in [-0.3, -0.25) is 9.59 Å². The number of para-hydroxylation sites is 1. The van der Waals surface area contributed by atoms with Gasteiger partial charge >= 0.3 is 11.8 Å². The zero-order valence-electron chi connectivity index (χ0n) is 15.6. The molecule has 4 atom stereocenters. The molecule has 1 aromatic carbocycles. The highest BCUT2D eigenvalue weighted by Crippen LogP contribution is 2.49. The highest BCUT2D eigenvalue weighted by molar-refractivity contribution is 6.35. The lowest BCUT2D eigenvalue weighted by Gasteiger charge is -2.36. The Morgan fingerprint density at radius 2 is 1.77 bits per heavy atom. The summed E-state index contributed by atoms with van der Waals surface area (Å²) in [5, 5.41) is 3.00. The number of benzene rings is 1. The number of rotatable bonds is 3. The van der Waals surface area contributed by atoms with E-state index in [0.29, 0.717) is 19.0 Å². The third-order valence-electron chi connectivity index (χ3n) is 6.68. The molecule has 2 aliphatic carbocycles. The van der Waals surface area contributed by atoms with Crippen LogP contribution in [0, 0.1) is 17.8 Å². The summed E-state index contributed by atoms with van der Waals surface area (Å²) in [5.41, 5.74) is 1.17. The minimum Gasteiger partial charge on any atom is -0.368 e. The summed E-state index contributed by atoms with van der Waals surface area (Å²) in [6, 6.07) is 10.3. The summed E-state index contributed by atoms with van der Waals surface area (Å²) in [5.74, 6) is 1.37. The first-order chi connectivity index (χ1) is 12.6. The van der Waals surface area contributed by atoms with E-state index in [4.69, 9.17) is 0 Å². The van der Waals surface area contributed by atoms with Crippen LogP contribution in [-0.2, 0) is 9.59 Å². The number of carbonyl (C=O) groups is 2. The molecule has 5 nitrogen and oxygen atoms in total. The Bertz CT molecular complexity index is 654. The molecule has 2 saturated carbocycles. The first-order valence-corrected chi connectivity index (χ1v) is 10.0. The second-order valence-electron chi connectivity index (χ2n) is 8.22. The molecule has 26 heavy (non-hydrogen) atoms. The van der Waals surface area contributed by atoms with Gasteiger partial charge < -0.3 is 15.1 Å². The summed E-state index contributed by atoms with van der Waals surface area (Å²) < 4.78 is 0. The van der Waals surface area contributed by atoms with Crippen molar-refractivity contribution in [3.63, 3.8) is 0 Å². The molecule has 2 amide bonds. The van der Waals surface area contributed by atoms with E-state index in [1.54, 1.807) is 4.90 Å². The zero-order chi connectivity index (χ0) is 18.1. The number of nitrogens with one attached hydrogen (secondary N) is 1. The molecule has 1 N–H and O–H groups in total. The quantitative estimate of drug-likeness (QED) is 0.847. The van der Waals surface area contributed by atoms with Crippen molar-refractivity contribution >= 4 is 17.5 Å². The van der Waals surface area contributed by atoms with Crippen LogP contribution in [0.3, 0.4) is 0 Å². The first kappa shape index (κ1) is 17.4. The molecule has 5 heteroatoms. The van der Waals surface area contributed by atoms with E-state index in [0.717, 1.165) is 24.9 Å². The lowest BCUT2D eigenvalue weighted by Crippen LogP contribution is -2.54. The van der Waals surface area contributed by atoms with Gasteiger partial charge in [-0.15, -0.1) is 0 Å². The summed E-state index contributed by atoms with van der Waals surface area (Å²) in [6.07, 6.45) is 5.19. The molecule has 1 aromatic rings. The molecule has 4 unspecified atom stereocenters. The number of piperazine rings is 1. The lowest BCUT2D eigenvalue weighted by molar-refractivity contribution is -0.146. The van der Waals surface area contributed by atoms with E-state index >= 15 is 0 Å². The van der Waals surface area contributed by atoms with E-state index < -0.39 is 5.91 Å². The second-order valence-corrected chi connectivity index (χ2v) is 8.22. The minimum atomic E-state index is -0.423. The molecular formula is C21H29N3O2. The van der Waals surface area contributed by atoms with Crippen molar-refractivity contribution in [1.29, 1.82) is 0 Å². The molecule has 3 aliphatic rings. The fourth-order valence-electron chi connectivity index (χ4n) is 5.23. The Balaban J connectivity index is 1.27. The summed E-state index contributed by atoms with van der Waals surface area (Å²) in [4.78, 5) is 29.0. The van der Waals surface area contributed by atoms with Gasteiger partial charge in [0.15, 0.2) is 0 Å². The highest BCUT2D eigenvalue weighted by atomic mass is 16.2. The van der Waals surface area contributed by atoms with Gasteiger partial charge in [0.05, 0.1) is 0 Å². The summed E-state index contributed by atoms with van der Waals surface area (Å²) >= 11 is 0. The minimum absolute atomic E-state index is 0.104. The van der Waals surface area contributed by atoms with Gasteiger partial charge in [-0.05, 0) is 56.1 Å². The van der Waals surface area contributed by atoms with Crippen LogP contribution < -0.4 is 10.2 Å². The zero-order valence-corrected chi connectivity index (χ0v) is 15.6. The molecule has 0 spiro atoms. The Morgan fingerprint density at radius 1 is 1.04 bits per heavy atom. The molecule has 2 bridgehead atoms. The van der Waals surface area contributed by atoms with Gasteiger partial charge in [0, 0.05) is 37.9 Å². The molecule has 1 saturated heterocycles. The Kier molecular flexibility index (Phi) is 4.88. The van der Waals surface area contributed by atoms with Gasteiger partial charge in [0.2, 0.25) is 0 Å². The average molecular weight is 355 g/mol. The van der Waals surface area contributed by atoms with Crippen LogP contribution in [0.1, 0.15) is 32.6 Å². The maximum atomic E-state index is 12.5. The van der Waals surface area contributed by atoms with Gasteiger partial charge in [-0.2, -0.15) is 0 Å². The smallest absolute Gasteiger partial charge is 0.312 e. The van der Waals surface area contributed by atoms with Crippen molar-refractivity contribution in [2.75, 3.05) is 31.1 Å². The SMILES string of the molecule is CC(NC(=O)C(=O)N1CCN(c2ccccc2)CC1)C1CC2CCC1C2. The molecule has 1 aliphatic heterocycles. The molecule has 140 valence electrons. The normalized spacial score (nSPS) is 28.9. The standard InChI is InChI=1S/C21H29N3O2/c1-15(19-14-16-7-8-17(19)13-16)22-20(25)21(26)24-11-9-23(10-12-24)18-5-3-2-4-6-18/h2-6,15-17,19H,7-14H2,1H3,(H,22,25). The number of hydrogen-bond acceptors (Lipinski definition) is 3. The second kappa shape index (κ2) is 7.29. The van der Waals surface area contributed by atoms with Crippen LogP contribution in [0.15, 0.2) is 30.3 Å². The van der Waals surface area contributed by atoms with Gasteiger partial charge in [-0.25, -0.2) is 0 Å². The number of anilines is 1. The Morgan fingerprint density at radius 3 is 2.38 bits per heavy atom. The van der Waals surface area contributed by atoms with Crippen molar-refractivity contribution < 1.29 is 9.59 Å². The van der Waals surface area contributed by atoms with Crippen molar-refractivity contribution in [2.45, 2.75) is 38.6 Å². The van der Waals surface area contributed by atoms with E-state index in [2.05, 4.69) is 29.3 Å². The number of carbonyl (C=O) groups excluding carboxylic acids is 2. The first-order valence-electron chi connectivity index (χ1n) is 10.0. The maximum absolute atomic E-state index is 12.5. The number of amides is 2. The van der Waals surface area contributed by atoms with Crippen molar-refractivity contribution in [2.24, 2.45) is 17.8 Å². The van der Waals surface area contributed by atoms with E-state index in [1.807, 2.05) is 18.2 Å².